The molecule has 0 spiro atoms. The Kier molecular flexibility index (Phi) is 3.96. The number of nitrogens with zero attached hydrogens (tertiary/aromatic N) is 1. The number of carbonyl (C=O) groups is 1. The van der Waals surface area contributed by atoms with Gasteiger partial charge in [0, 0.05) is 19.0 Å². The van der Waals surface area contributed by atoms with Crippen LogP contribution in [0.4, 0.5) is 4.79 Å². The standard InChI is InChI=1S/C18H19NO4/c1-23-16-9-5-8-14(10-16)18(22,13-6-3-2-4-7-13)15-11-19(12-15)17(20)21/h2-10,15,22H,11-12H2,1H3,(H,20,21). The van der Waals surface area contributed by atoms with E-state index in [4.69, 9.17) is 9.84 Å². The Bertz CT molecular complexity index is 697. The van der Waals surface area contributed by atoms with Crippen LogP contribution in [0.25, 0.3) is 0 Å². The van der Waals surface area contributed by atoms with Gasteiger partial charge in [-0.05, 0) is 23.3 Å². The van der Waals surface area contributed by atoms with Gasteiger partial charge in [0.2, 0.25) is 0 Å². The van der Waals surface area contributed by atoms with Gasteiger partial charge < -0.3 is 19.8 Å². The number of carboxylic acid groups (broad SMARTS) is 1. The molecule has 3 rings (SSSR count). The summed E-state index contributed by atoms with van der Waals surface area (Å²) in [6.45, 7) is 0.607. The van der Waals surface area contributed by atoms with Crippen molar-refractivity contribution in [1.29, 1.82) is 0 Å². The van der Waals surface area contributed by atoms with Crippen LogP contribution in [0.15, 0.2) is 54.6 Å². The number of methoxy groups -OCH3 is 1. The molecule has 0 aliphatic carbocycles. The fourth-order valence-corrected chi connectivity index (χ4v) is 3.09. The van der Waals surface area contributed by atoms with Crippen molar-refractivity contribution in [3.63, 3.8) is 0 Å². The van der Waals surface area contributed by atoms with E-state index in [-0.39, 0.29) is 5.92 Å². The molecule has 2 aromatic rings. The maximum atomic E-state index is 11.5. The Morgan fingerprint density at radius 1 is 1.13 bits per heavy atom. The van der Waals surface area contributed by atoms with E-state index in [1.807, 2.05) is 48.5 Å². The number of likely N-dealkylation sites (tertiary alicyclic amines) is 1. The van der Waals surface area contributed by atoms with Crippen LogP contribution in [0.2, 0.25) is 0 Å². The fourth-order valence-electron chi connectivity index (χ4n) is 3.09. The molecule has 0 saturated carbocycles. The first-order valence-corrected chi connectivity index (χ1v) is 7.46. The Hall–Kier alpha value is -2.53. The van der Waals surface area contributed by atoms with Crippen molar-refractivity contribution in [2.75, 3.05) is 20.2 Å². The third-order valence-corrected chi connectivity index (χ3v) is 4.47. The second-order valence-corrected chi connectivity index (χ2v) is 5.75. The molecule has 0 aromatic heterocycles. The van der Waals surface area contributed by atoms with Gasteiger partial charge in [-0.1, -0.05) is 42.5 Å². The third kappa shape index (κ3) is 2.64. The van der Waals surface area contributed by atoms with Gasteiger partial charge in [-0.2, -0.15) is 0 Å². The lowest BCUT2D eigenvalue weighted by molar-refractivity contribution is -0.0546. The first-order chi connectivity index (χ1) is 11.1. The number of aliphatic hydroxyl groups is 1. The smallest absolute Gasteiger partial charge is 0.407 e. The molecule has 2 N–H and O–H groups in total. The molecule has 1 aliphatic rings. The number of rotatable bonds is 4. The molecule has 23 heavy (non-hydrogen) atoms. The van der Waals surface area contributed by atoms with Crippen LogP contribution in [0.5, 0.6) is 5.75 Å². The van der Waals surface area contributed by atoms with Crippen LogP contribution in [-0.2, 0) is 5.60 Å². The Morgan fingerprint density at radius 2 is 1.78 bits per heavy atom. The molecule has 0 bridgehead atoms. The van der Waals surface area contributed by atoms with Crippen molar-refractivity contribution in [3.8, 4) is 5.75 Å². The van der Waals surface area contributed by atoms with E-state index >= 15 is 0 Å². The highest BCUT2D eigenvalue weighted by Gasteiger charge is 2.48. The van der Waals surface area contributed by atoms with E-state index in [0.717, 1.165) is 5.56 Å². The highest BCUT2D eigenvalue weighted by Crippen LogP contribution is 2.42. The number of amides is 1. The largest absolute Gasteiger partial charge is 0.497 e. The van der Waals surface area contributed by atoms with Gasteiger partial charge in [-0.3, -0.25) is 0 Å². The minimum absolute atomic E-state index is 0.201. The summed E-state index contributed by atoms with van der Waals surface area (Å²) in [7, 11) is 1.58. The molecule has 1 unspecified atom stereocenters. The van der Waals surface area contributed by atoms with Gasteiger partial charge >= 0.3 is 6.09 Å². The normalized spacial score (nSPS) is 17.2. The average molecular weight is 313 g/mol. The fraction of sp³-hybridized carbons (Fsp3) is 0.278. The van der Waals surface area contributed by atoms with Gasteiger partial charge in [0.1, 0.15) is 11.4 Å². The molecule has 1 aliphatic heterocycles. The summed E-state index contributed by atoms with van der Waals surface area (Å²) >= 11 is 0. The molecule has 1 fully saturated rings. The lowest BCUT2D eigenvalue weighted by atomic mass is 9.72. The molecule has 1 heterocycles. The van der Waals surface area contributed by atoms with Crippen molar-refractivity contribution in [2.24, 2.45) is 5.92 Å². The lowest BCUT2D eigenvalue weighted by Crippen LogP contribution is -2.58. The van der Waals surface area contributed by atoms with Crippen LogP contribution in [-0.4, -0.2) is 41.4 Å². The maximum absolute atomic E-state index is 11.5. The molecule has 5 nitrogen and oxygen atoms in total. The van der Waals surface area contributed by atoms with Gasteiger partial charge in [0.15, 0.2) is 0 Å². The highest BCUT2D eigenvalue weighted by molar-refractivity contribution is 5.66. The van der Waals surface area contributed by atoms with Gasteiger partial charge in [0.05, 0.1) is 7.11 Å². The van der Waals surface area contributed by atoms with E-state index in [0.29, 0.717) is 24.4 Å². The first-order valence-electron chi connectivity index (χ1n) is 7.46. The third-order valence-electron chi connectivity index (χ3n) is 4.47. The van der Waals surface area contributed by atoms with E-state index in [1.165, 1.54) is 4.90 Å². The molecule has 1 amide bonds. The van der Waals surface area contributed by atoms with Crippen molar-refractivity contribution in [2.45, 2.75) is 5.60 Å². The Balaban J connectivity index is 2.02. The van der Waals surface area contributed by atoms with Gasteiger partial charge in [-0.25, -0.2) is 4.79 Å². The van der Waals surface area contributed by atoms with Crippen molar-refractivity contribution in [3.05, 3.63) is 65.7 Å². The zero-order chi connectivity index (χ0) is 16.4. The van der Waals surface area contributed by atoms with Crippen LogP contribution < -0.4 is 4.74 Å². The number of benzene rings is 2. The molecular weight excluding hydrogens is 294 g/mol. The second-order valence-electron chi connectivity index (χ2n) is 5.75. The highest BCUT2D eigenvalue weighted by atomic mass is 16.5. The summed E-state index contributed by atoms with van der Waals surface area (Å²) in [4.78, 5) is 12.4. The van der Waals surface area contributed by atoms with Crippen molar-refractivity contribution >= 4 is 6.09 Å². The second kappa shape index (κ2) is 5.93. The van der Waals surface area contributed by atoms with Gasteiger partial charge in [-0.15, -0.1) is 0 Å². The maximum Gasteiger partial charge on any atom is 0.407 e. The average Bonchev–Trinajstić information content (AvgIpc) is 2.53. The van der Waals surface area contributed by atoms with E-state index < -0.39 is 11.7 Å². The Morgan fingerprint density at radius 3 is 2.39 bits per heavy atom. The molecule has 1 atom stereocenters. The molecule has 1 saturated heterocycles. The molecule has 2 aromatic carbocycles. The van der Waals surface area contributed by atoms with E-state index in [2.05, 4.69) is 0 Å². The number of hydrogen-bond donors (Lipinski definition) is 2. The van der Waals surface area contributed by atoms with Crippen LogP contribution >= 0.6 is 0 Å². The van der Waals surface area contributed by atoms with Gasteiger partial charge in [0.25, 0.3) is 0 Å². The van der Waals surface area contributed by atoms with E-state index in [1.54, 1.807) is 13.2 Å². The summed E-state index contributed by atoms with van der Waals surface area (Å²) in [5, 5.41) is 20.6. The predicted octanol–water partition coefficient (Wildman–Crippen LogP) is 2.54. The Labute approximate surface area is 134 Å². The molecule has 0 radical (unpaired) electrons. The SMILES string of the molecule is COc1cccc(C(O)(c2ccccc2)C2CN(C(=O)O)C2)c1. The summed E-state index contributed by atoms with van der Waals surface area (Å²) < 4.78 is 5.26. The van der Waals surface area contributed by atoms with Crippen molar-refractivity contribution in [1.82, 2.24) is 4.90 Å². The lowest BCUT2D eigenvalue weighted by Gasteiger charge is -2.47. The number of ether oxygens (including phenoxy) is 1. The minimum atomic E-state index is -1.25. The van der Waals surface area contributed by atoms with Crippen LogP contribution in [0, 0.1) is 5.92 Å². The predicted molar refractivity (Wildman–Crippen MR) is 85.5 cm³/mol. The topological polar surface area (TPSA) is 70.0 Å². The summed E-state index contributed by atoms with van der Waals surface area (Å²) in [5.41, 5.74) is 0.211. The number of hydrogen-bond acceptors (Lipinski definition) is 3. The summed E-state index contributed by atoms with van der Waals surface area (Å²) in [6.07, 6.45) is -0.956. The zero-order valence-corrected chi connectivity index (χ0v) is 12.8. The minimum Gasteiger partial charge on any atom is -0.497 e. The zero-order valence-electron chi connectivity index (χ0n) is 12.8. The summed E-state index contributed by atoms with van der Waals surface area (Å²) in [6, 6.07) is 16.7. The van der Waals surface area contributed by atoms with E-state index in [9.17, 15) is 9.90 Å². The first kappa shape index (κ1) is 15.4. The molecule has 120 valence electrons. The quantitative estimate of drug-likeness (QED) is 0.910. The van der Waals surface area contributed by atoms with Crippen LogP contribution in [0.3, 0.4) is 0 Å². The van der Waals surface area contributed by atoms with Crippen LogP contribution in [0.1, 0.15) is 11.1 Å². The molecular formula is C18H19NO4. The molecule has 5 heteroatoms. The monoisotopic (exact) mass is 313 g/mol. The summed E-state index contributed by atoms with van der Waals surface area (Å²) in [5.74, 6) is 0.458. The van der Waals surface area contributed by atoms with Crippen molar-refractivity contribution < 1.29 is 19.7 Å².